The van der Waals surface area contributed by atoms with Gasteiger partial charge in [0.15, 0.2) is 0 Å². The summed E-state index contributed by atoms with van der Waals surface area (Å²) in [5.41, 5.74) is 0.410. The summed E-state index contributed by atoms with van der Waals surface area (Å²) >= 11 is 0. The second kappa shape index (κ2) is 7.18. The Morgan fingerprint density at radius 2 is 2.10 bits per heavy atom. The number of hydrogen-bond donors (Lipinski definition) is 1. The van der Waals surface area contributed by atoms with E-state index in [2.05, 4.69) is 14.7 Å². The van der Waals surface area contributed by atoms with Crippen molar-refractivity contribution >= 4 is 5.97 Å². The Kier molecular flexibility index (Phi) is 5.87. The molecule has 0 aliphatic carbocycles. The standard InChI is InChI=1S/C12H15F3N2O3/c1-2-3-9-8(11(18)19)6-16-10(17-9)4-5-20-7-12(13,14)15/h6H,2-5,7H2,1H3,(H,18,19). The molecule has 1 aromatic rings. The van der Waals surface area contributed by atoms with E-state index in [1.807, 2.05) is 6.92 Å². The van der Waals surface area contributed by atoms with Gasteiger partial charge in [-0.05, 0) is 6.42 Å². The van der Waals surface area contributed by atoms with Gasteiger partial charge in [0, 0.05) is 12.6 Å². The van der Waals surface area contributed by atoms with Gasteiger partial charge in [-0.2, -0.15) is 13.2 Å². The summed E-state index contributed by atoms with van der Waals surface area (Å²) < 4.78 is 40.1. The third-order valence-electron chi connectivity index (χ3n) is 2.37. The molecular formula is C12H15F3N2O3. The van der Waals surface area contributed by atoms with Gasteiger partial charge >= 0.3 is 12.1 Å². The lowest BCUT2D eigenvalue weighted by Gasteiger charge is -2.08. The summed E-state index contributed by atoms with van der Waals surface area (Å²) in [5, 5.41) is 8.96. The van der Waals surface area contributed by atoms with E-state index in [1.165, 1.54) is 6.20 Å². The van der Waals surface area contributed by atoms with E-state index in [-0.39, 0.29) is 24.4 Å². The Bertz CT molecular complexity index is 464. The van der Waals surface area contributed by atoms with Gasteiger partial charge in [0.2, 0.25) is 0 Å². The highest BCUT2D eigenvalue weighted by Gasteiger charge is 2.27. The van der Waals surface area contributed by atoms with Gasteiger partial charge in [-0.25, -0.2) is 14.8 Å². The van der Waals surface area contributed by atoms with Crippen molar-refractivity contribution in [2.24, 2.45) is 0 Å². The topological polar surface area (TPSA) is 72.3 Å². The van der Waals surface area contributed by atoms with Crippen molar-refractivity contribution in [2.75, 3.05) is 13.2 Å². The molecule has 0 aliphatic heterocycles. The Morgan fingerprint density at radius 1 is 1.40 bits per heavy atom. The lowest BCUT2D eigenvalue weighted by atomic mass is 10.1. The van der Waals surface area contributed by atoms with Crippen LogP contribution >= 0.6 is 0 Å². The number of carbonyl (C=O) groups is 1. The Morgan fingerprint density at radius 3 is 2.65 bits per heavy atom. The van der Waals surface area contributed by atoms with Crippen LogP contribution in [-0.2, 0) is 17.6 Å². The molecule has 5 nitrogen and oxygen atoms in total. The highest BCUT2D eigenvalue weighted by atomic mass is 19.4. The SMILES string of the molecule is CCCc1nc(CCOCC(F)(F)F)ncc1C(=O)O. The minimum atomic E-state index is -4.36. The Hall–Kier alpha value is -1.70. The number of aromatic carboxylic acids is 1. The van der Waals surface area contributed by atoms with E-state index >= 15 is 0 Å². The predicted molar refractivity (Wildman–Crippen MR) is 63.6 cm³/mol. The van der Waals surface area contributed by atoms with Gasteiger partial charge < -0.3 is 9.84 Å². The number of aryl methyl sites for hydroxylation is 1. The predicted octanol–water partition coefficient (Wildman–Crippen LogP) is 2.25. The molecule has 112 valence electrons. The number of rotatable bonds is 7. The first-order valence-corrected chi connectivity index (χ1v) is 6.06. The molecule has 0 amide bonds. The molecular weight excluding hydrogens is 277 g/mol. The quantitative estimate of drug-likeness (QED) is 0.780. The van der Waals surface area contributed by atoms with Gasteiger partial charge in [-0.15, -0.1) is 0 Å². The van der Waals surface area contributed by atoms with Crippen LogP contribution in [0.1, 0.15) is 35.2 Å². The molecule has 0 bridgehead atoms. The first-order chi connectivity index (χ1) is 9.33. The van der Waals surface area contributed by atoms with Crippen LogP contribution in [0, 0.1) is 0 Å². The molecule has 0 saturated carbocycles. The second-order valence-corrected chi connectivity index (χ2v) is 4.12. The molecule has 1 heterocycles. The summed E-state index contributed by atoms with van der Waals surface area (Å²) in [6.45, 7) is 0.388. The molecule has 0 spiro atoms. The van der Waals surface area contributed by atoms with E-state index in [4.69, 9.17) is 5.11 Å². The highest BCUT2D eigenvalue weighted by molar-refractivity contribution is 5.88. The van der Waals surface area contributed by atoms with Crippen molar-refractivity contribution in [2.45, 2.75) is 32.4 Å². The molecule has 0 atom stereocenters. The van der Waals surface area contributed by atoms with Gasteiger partial charge in [-0.3, -0.25) is 0 Å². The third kappa shape index (κ3) is 5.52. The minimum Gasteiger partial charge on any atom is -0.478 e. The van der Waals surface area contributed by atoms with Crippen LogP contribution in [-0.4, -0.2) is 40.4 Å². The zero-order valence-corrected chi connectivity index (χ0v) is 10.9. The number of halogens is 3. The molecule has 0 aliphatic rings. The van der Waals surface area contributed by atoms with Gasteiger partial charge in [0.05, 0.1) is 17.9 Å². The zero-order chi connectivity index (χ0) is 15.2. The zero-order valence-electron chi connectivity index (χ0n) is 10.9. The largest absolute Gasteiger partial charge is 0.478 e. The van der Waals surface area contributed by atoms with Crippen molar-refractivity contribution in [3.63, 3.8) is 0 Å². The van der Waals surface area contributed by atoms with Crippen LogP contribution in [0.4, 0.5) is 13.2 Å². The number of hydrogen-bond acceptors (Lipinski definition) is 4. The number of carboxylic acids is 1. The van der Waals surface area contributed by atoms with Crippen molar-refractivity contribution in [3.05, 3.63) is 23.3 Å². The molecule has 0 aromatic carbocycles. The Balaban J connectivity index is 2.63. The summed E-state index contributed by atoms with van der Waals surface area (Å²) in [7, 11) is 0. The van der Waals surface area contributed by atoms with Crippen LogP contribution < -0.4 is 0 Å². The van der Waals surface area contributed by atoms with Crippen molar-refractivity contribution in [1.29, 1.82) is 0 Å². The maximum atomic E-state index is 11.9. The number of nitrogens with zero attached hydrogens (tertiary/aromatic N) is 2. The summed E-state index contributed by atoms with van der Waals surface area (Å²) in [5.74, 6) is -0.839. The average Bonchev–Trinajstić information content (AvgIpc) is 2.34. The maximum absolute atomic E-state index is 11.9. The van der Waals surface area contributed by atoms with Crippen LogP contribution in [0.5, 0.6) is 0 Å². The molecule has 8 heteroatoms. The molecule has 0 unspecified atom stereocenters. The summed E-state index contributed by atoms with van der Waals surface area (Å²) in [6.07, 6.45) is -1.89. The van der Waals surface area contributed by atoms with Crippen LogP contribution in [0.3, 0.4) is 0 Å². The van der Waals surface area contributed by atoms with Crippen molar-refractivity contribution in [3.8, 4) is 0 Å². The number of ether oxygens (including phenoxy) is 1. The fraction of sp³-hybridized carbons (Fsp3) is 0.583. The van der Waals surface area contributed by atoms with Gasteiger partial charge in [0.1, 0.15) is 12.4 Å². The van der Waals surface area contributed by atoms with Gasteiger partial charge in [-0.1, -0.05) is 13.3 Å². The normalized spacial score (nSPS) is 11.6. The summed E-state index contributed by atoms with van der Waals surface area (Å²) in [4.78, 5) is 18.8. The average molecular weight is 292 g/mol. The van der Waals surface area contributed by atoms with E-state index in [9.17, 15) is 18.0 Å². The molecule has 1 aromatic heterocycles. The van der Waals surface area contributed by atoms with Crippen LogP contribution in [0.15, 0.2) is 6.20 Å². The first-order valence-electron chi connectivity index (χ1n) is 6.06. The molecule has 1 rings (SSSR count). The first kappa shape index (κ1) is 16.4. The number of carboxylic acid groups (broad SMARTS) is 1. The van der Waals surface area contributed by atoms with E-state index in [0.29, 0.717) is 18.5 Å². The fourth-order valence-corrected chi connectivity index (χ4v) is 1.54. The van der Waals surface area contributed by atoms with Crippen molar-refractivity contribution in [1.82, 2.24) is 9.97 Å². The van der Waals surface area contributed by atoms with Crippen LogP contribution in [0.25, 0.3) is 0 Å². The monoisotopic (exact) mass is 292 g/mol. The van der Waals surface area contributed by atoms with Gasteiger partial charge in [0.25, 0.3) is 0 Å². The third-order valence-corrected chi connectivity index (χ3v) is 2.37. The number of aromatic nitrogens is 2. The Labute approximate surface area is 113 Å². The highest BCUT2D eigenvalue weighted by Crippen LogP contribution is 2.14. The van der Waals surface area contributed by atoms with E-state index in [1.54, 1.807) is 0 Å². The molecule has 0 saturated heterocycles. The lowest BCUT2D eigenvalue weighted by Crippen LogP contribution is -2.18. The molecule has 20 heavy (non-hydrogen) atoms. The van der Waals surface area contributed by atoms with E-state index in [0.717, 1.165) is 0 Å². The fourth-order valence-electron chi connectivity index (χ4n) is 1.54. The van der Waals surface area contributed by atoms with Crippen molar-refractivity contribution < 1.29 is 27.8 Å². The molecule has 0 radical (unpaired) electrons. The minimum absolute atomic E-state index is 0.0202. The lowest BCUT2D eigenvalue weighted by molar-refractivity contribution is -0.173. The maximum Gasteiger partial charge on any atom is 0.411 e. The van der Waals surface area contributed by atoms with E-state index < -0.39 is 18.8 Å². The summed E-state index contributed by atoms with van der Waals surface area (Å²) in [6, 6.07) is 0. The smallest absolute Gasteiger partial charge is 0.411 e. The number of alkyl halides is 3. The second-order valence-electron chi connectivity index (χ2n) is 4.12. The molecule has 1 N–H and O–H groups in total. The van der Waals surface area contributed by atoms with Crippen LogP contribution in [0.2, 0.25) is 0 Å². The molecule has 0 fully saturated rings.